The highest BCUT2D eigenvalue weighted by Crippen LogP contribution is 2.04. The molecule has 2 rings (SSSR count). The van der Waals surface area contributed by atoms with E-state index in [4.69, 9.17) is 0 Å². The van der Waals surface area contributed by atoms with E-state index in [2.05, 4.69) is 15.3 Å². The van der Waals surface area contributed by atoms with Gasteiger partial charge in [0.1, 0.15) is 5.56 Å². The molecule has 0 aliphatic heterocycles. The standard InChI is InChI=1S/C13H15N3O2/c1-8-5-9(2)16-13(18)11(8)12(17)15-7-10-3-4-14-6-10/h3-6,14H,7H2,1-2H3,(H,15,17)(H,16,18). The molecule has 0 saturated carbocycles. The number of pyridine rings is 1. The first-order valence-corrected chi connectivity index (χ1v) is 5.68. The molecule has 2 aromatic heterocycles. The van der Waals surface area contributed by atoms with Crippen LogP contribution in [0, 0.1) is 13.8 Å². The maximum Gasteiger partial charge on any atom is 0.261 e. The van der Waals surface area contributed by atoms with Crippen molar-refractivity contribution < 1.29 is 4.79 Å². The van der Waals surface area contributed by atoms with Crippen LogP contribution in [0.3, 0.4) is 0 Å². The van der Waals surface area contributed by atoms with Crippen LogP contribution < -0.4 is 10.9 Å². The van der Waals surface area contributed by atoms with Crippen LogP contribution in [0.2, 0.25) is 0 Å². The van der Waals surface area contributed by atoms with Crippen molar-refractivity contribution in [3.8, 4) is 0 Å². The fraction of sp³-hybridized carbons (Fsp3) is 0.231. The van der Waals surface area contributed by atoms with Gasteiger partial charge >= 0.3 is 0 Å². The second kappa shape index (κ2) is 4.91. The van der Waals surface area contributed by atoms with Crippen LogP contribution in [0.1, 0.15) is 27.2 Å². The maximum absolute atomic E-state index is 12.0. The molecular weight excluding hydrogens is 230 g/mol. The van der Waals surface area contributed by atoms with Crippen molar-refractivity contribution in [3.05, 3.63) is 57.3 Å². The fourth-order valence-electron chi connectivity index (χ4n) is 1.87. The van der Waals surface area contributed by atoms with E-state index in [1.807, 2.05) is 6.07 Å². The Labute approximate surface area is 104 Å². The molecule has 18 heavy (non-hydrogen) atoms. The number of aryl methyl sites for hydroxylation is 2. The molecule has 94 valence electrons. The maximum atomic E-state index is 12.0. The summed E-state index contributed by atoms with van der Waals surface area (Å²) in [7, 11) is 0. The van der Waals surface area contributed by atoms with Gasteiger partial charge in [0.25, 0.3) is 11.5 Å². The number of hydrogen-bond acceptors (Lipinski definition) is 2. The summed E-state index contributed by atoms with van der Waals surface area (Å²) < 4.78 is 0. The first-order valence-electron chi connectivity index (χ1n) is 5.68. The van der Waals surface area contributed by atoms with Gasteiger partial charge in [-0.1, -0.05) is 0 Å². The normalized spacial score (nSPS) is 10.3. The predicted octanol–water partition coefficient (Wildman–Crippen LogP) is 1.25. The summed E-state index contributed by atoms with van der Waals surface area (Å²) >= 11 is 0. The molecule has 0 aliphatic carbocycles. The number of amides is 1. The summed E-state index contributed by atoms with van der Waals surface area (Å²) in [6.07, 6.45) is 3.58. The second-order valence-corrected chi connectivity index (χ2v) is 4.24. The molecule has 0 radical (unpaired) electrons. The topological polar surface area (TPSA) is 77.8 Å². The lowest BCUT2D eigenvalue weighted by Crippen LogP contribution is -2.30. The Hall–Kier alpha value is -2.30. The van der Waals surface area contributed by atoms with E-state index < -0.39 is 0 Å². The SMILES string of the molecule is Cc1cc(C)c(C(=O)NCc2cc[nH]c2)c(=O)[nH]1. The summed E-state index contributed by atoms with van der Waals surface area (Å²) in [6, 6.07) is 3.65. The second-order valence-electron chi connectivity index (χ2n) is 4.24. The van der Waals surface area contributed by atoms with E-state index in [9.17, 15) is 9.59 Å². The highest BCUT2D eigenvalue weighted by molar-refractivity contribution is 5.95. The van der Waals surface area contributed by atoms with Gasteiger partial charge in [-0.05, 0) is 37.1 Å². The first kappa shape index (κ1) is 12.2. The lowest BCUT2D eigenvalue weighted by molar-refractivity contribution is 0.0949. The summed E-state index contributed by atoms with van der Waals surface area (Å²) in [5, 5.41) is 2.72. The Kier molecular flexibility index (Phi) is 3.32. The molecule has 3 N–H and O–H groups in total. The van der Waals surface area contributed by atoms with Crippen LogP contribution in [0.25, 0.3) is 0 Å². The van der Waals surface area contributed by atoms with Gasteiger partial charge in [-0.25, -0.2) is 0 Å². The van der Waals surface area contributed by atoms with Crippen LogP contribution in [0.5, 0.6) is 0 Å². The summed E-state index contributed by atoms with van der Waals surface area (Å²) in [5.74, 6) is -0.352. The van der Waals surface area contributed by atoms with Crippen molar-refractivity contribution in [2.45, 2.75) is 20.4 Å². The molecule has 0 atom stereocenters. The van der Waals surface area contributed by atoms with E-state index in [0.29, 0.717) is 12.1 Å². The van der Waals surface area contributed by atoms with Crippen molar-refractivity contribution in [1.82, 2.24) is 15.3 Å². The summed E-state index contributed by atoms with van der Waals surface area (Å²) in [6.45, 7) is 3.94. The molecular formula is C13H15N3O2. The van der Waals surface area contributed by atoms with Gasteiger partial charge < -0.3 is 15.3 Å². The van der Waals surface area contributed by atoms with E-state index in [-0.39, 0.29) is 17.0 Å². The first-order chi connectivity index (χ1) is 8.58. The lowest BCUT2D eigenvalue weighted by atomic mass is 10.1. The Balaban J connectivity index is 2.17. The third-order valence-electron chi connectivity index (χ3n) is 2.71. The Bertz CT molecular complexity index is 612. The van der Waals surface area contributed by atoms with Gasteiger partial charge in [-0.15, -0.1) is 0 Å². The average molecular weight is 245 g/mol. The number of hydrogen-bond donors (Lipinski definition) is 3. The molecule has 0 bridgehead atoms. The Morgan fingerprint density at radius 2 is 2.17 bits per heavy atom. The molecule has 0 fully saturated rings. The molecule has 0 aliphatic rings. The molecule has 0 saturated heterocycles. The third kappa shape index (κ3) is 2.51. The zero-order chi connectivity index (χ0) is 13.1. The third-order valence-corrected chi connectivity index (χ3v) is 2.71. The molecule has 0 aromatic carbocycles. The van der Waals surface area contributed by atoms with Gasteiger partial charge in [-0.2, -0.15) is 0 Å². The minimum absolute atomic E-state index is 0.177. The number of carbonyl (C=O) groups is 1. The van der Waals surface area contributed by atoms with Crippen molar-refractivity contribution in [2.24, 2.45) is 0 Å². The molecule has 5 heteroatoms. The Morgan fingerprint density at radius 3 is 2.78 bits per heavy atom. The molecule has 2 heterocycles. The smallest absolute Gasteiger partial charge is 0.261 e. The van der Waals surface area contributed by atoms with Crippen LogP contribution in [0.4, 0.5) is 0 Å². The summed E-state index contributed by atoms with van der Waals surface area (Å²) in [4.78, 5) is 29.2. The highest BCUT2D eigenvalue weighted by atomic mass is 16.2. The predicted molar refractivity (Wildman–Crippen MR) is 68.5 cm³/mol. The van der Waals surface area contributed by atoms with Gasteiger partial charge in [0, 0.05) is 24.6 Å². The van der Waals surface area contributed by atoms with Gasteiger partial charge in [-0.3, -0.25) is 9.59 Å². The Morgan fingerprint density at radius 1 is 1.39 bits per heavy atom. The number of nitrogens with one attached hydrogen (secondary N) is 3. The van der Waals surface area contributed by atoms with Crippen LogP contribution in [-0.2, 0) is 6.54 Å². The van der Waals surface area contributed by atoms with E-state index in [1.54, 1.807) is 32.3 Å². The van der Waals surface area contributed by atoms with Crippen molar-refractivity contribution in [2.75, 3.05) is 0 Å². The quantitative estimate of drug-likeness (QED) is 0.761. The minimum Gasteiger partial charge on any atom is -0.367 e. The van der Waals surface area contributed by atoms with Gasteiger partial charge in [0.2, 0.25) is 0 Å². The molecule has 1 amide bonds. The van der Waals surface area contributed by atoms with Gasteiger partial charge in [0.15, 0.2) is 0 Å². The van der Waals surface area contributed by atoms with Crippen LogP contribution >= 0.6 is 0 Å². The molecule has 5 nitrogen and oxygen atoms in total. The van der Waals surface area contributed by atoms with Crippen molar-refractivity contribution >= 4 is 5.91 Å². The highest BCUT2D eigenvalue weighted by Gasteiger charge is 2.13. The average Bonchev–Trinajstić information content (AvgIpc) is 2.77. The summed E-state index contributed by atoms with van der Waals surface area (Å²) in [5.41, 5.74) is 2.22. The fourth-order valence-corrected chi connectivity index (χ4v) is 1.87. The molecule has 0 spiro atoms. The number of aromatic amines is 2. The minimum atomic E-state index is -0.352. The molecule has 2 aromatic rings. The zero-order valence-corrected chi connectivity index (χ0v) is 10.3. The molecule has 0 unspecified atom stereocenters. The van der Waals surface area contributed by atoms with Crippen LogP contribution in [0.15, 0.2) is 29.3 Å². The number of H-pyrrole nitrogens is 2. The monoisotopic (exact) mass is 245 g/mol. The van der Waals surface area contributed by atoms with E-state index >= 15 is 0 Å². The zero-order valence-electron chi connectivity index (χ0n) is 10.3. The van der Waals surface area contributed by atoms with E-state index in [1.165, 1.54) is 0 Å². The van der Waals surface area contributed by atoms with Gasteiger partial charge in [0.05, 0.1) is 0 Å². The van der Waals surface area contributed by atoms with Crippen LogP contribution in [-0.4, -0.2) is 15.9 Å². The number of carbonyl (C=O) groups excluding carboxylic acids is 1. The van der Waals surface area contributed by atoms with Crippen molar-refractivity contribution in [1.29, 1.82) is 0 Å². The lowest BCUT2D eigenvalue weighted by Gasteiger charge is -2.06. The number of aromatic nitrogens is 2. The van der Waals surface area contributed by atoms with Crippen molar-refractivity contribution in [3.63, 3.8) is 0 Å². The van der Waals surface area contributed by atoms with E-state index in [0.717, 1.165) is 11.3 Å². The number of rotatable bonds is 3. The largest absolute Gasteiger partial charge is 0.367 e.